The van der Waals surface area contributed by atoms with Gasteiger partial charge in [0.25, 0.3) is 5.91 Å². The minimum Gasteiger partial charge on any atom is -0.506 e. The third-order valence-corrected chi connectivity index (χ3v) is 4.04. The summed E-state index contributed by atoms with van der Waals surface area (Å²) >= 11 is 0. The number of ketones is 2. The van der Waals surface area contributed by atoms with Gasteiger partial charge in [0, 0.05) is 5.56 Å². The van der Waals surface area contributed by atoms with Crippen LogP contribution in [0.5, 0.6) is 0 Å². The first kappa shape index (κ1) is 18.7. The number of rotatable bonds is 3. The quantitative estimate of drug-likeness (QED) is 0.816. The van der Waals surface area contributed by atoms with Crippen molar-refractivity contribution in [3.63, 3.8) is 0 Å². The van der Waals surface area contributed by atoms with Gasteiger partial charge in [-0.05, 0) is 32.4 Å². The summed E-state index contributed by atoms with van der Waals surface area (Å²) in [5, 5.41) is 12.4. The van der Waals surface area contributed by atoms with E-state index in [0.717, 1.165) is 12.1 Å². The SMILES string of the molecule is CC(=O)CNC(=O)C1=C(O)c2c(C(F)(F)F)cccc2C(C)(C)C1=O. The molecular weight excluding hydrogens is 339 g/mol. The molecule has 0 unspecified atom stereocenters. The zero-order chi connectivity index (χ0) is 19.2. The lowest BCUT2D eigenvalue weighted by Crippen LogP contribution is -2.42. The predicted octanol–water partition coefficient (Wildman–Crippen LogP) is 2.54. The van der Waals surface area contributed by atoms with Gasteiger partial charge in [0.2, 0.25) is 0 Å². The number of hydrogen-bond acceptors (Lipinski definition) is 4. The number of carbonyl (C=O) groups excluding carboxylic acids is 3. The van der Waals surface area contributed by atoms with Crippen LogP contribution in [0.4, 0.5) is 13.2 Å². The summed E-state index contributed by atoms with van der Waals surface area (Å²) in [5.41, 5.74) is -3.98. The molecule has 0 heterocycles. The van der Waals surface area contributed by atoms with Crippen LogP contribution in [-0.2, 0) is 26.0 Å². The number of alkyl halides is 3. The van der Waals surface area contributed by atoms with E-state index in [1.807, 2.05) is 0 Å². The topological polar surface area (TPSA) is 83.5 Å². The number of benzene rings is 1. The molecular formula is C17H16F3NO4. The van der Waals surface area contributed by atoms with Crippen LogP contribution in [0.2, 0.25) is 0 Å². The van der Waals surface area contributed by atoms with Crippen LogP contribution in [0, 0.1) is 0 Å². The fraction of sp³-hybridized carbons (Fsp3) is 0.353. The van der Waals surface area contributed by atoms with E-state index in [1.54, 1.807) is 0 Å². The van der Waals surface area contributed by atoms with Gasteiger partial charge in [-0.15, -0.1) is 0 Å². The molecule has 0 fully saturated rings. The van der Waals surface area contributed by atoms with Crippen molar-refractivity contribution in [1.82, 2.24) is 5.32 Å². The summed E-state index contributed by atoms with van der Waals surface area (Å²) in [4.78, 5) is 35.8. The van der Waals surface area contributed by atoms with Gasteiger partial charge in [-0.25, -0.2) is 0 Å². The van der Waals surface area contributed by atoms with Crippen molar-refractivity contribution >= 4 is 23.2 Å². The minimum absolute atomic E-state index is 0.0204. The lowest BCUT2D eigenvalue weighted by atomic mass is 9.70. The molecule has 8 heteroatoms. The third kappa shape index (κ3) is 3.16. The molecule has 1 aromatic carbocycles. The first-order chi connectivity index (χ1) is 11.4. The summed E-state index contributed by atoms with van der Waals surface area (Å²) < 4.78 is 39.9. The van der Waals surface area contributed by atoms with E-state index in [9.17, 15) is 32.7 Å². The number of aliphatic hydroxyl groups is 1. The second-order valence-electron chi connectivity index (χ2n) is 6.29. The molecule has 1 aliphatic rings. The highest BCUT2D eigenvalue weighted by Crippen LogP contribution is 2.45. The van der Waals surface area contributed by atoms with Crippen molar-refractivity contribution in [1.29, 1.82) is 0 Å². The van der Waals surface area contributed by atoms with Crippen molar-refractivity contribution in [2.24, 2.45) is 0 Å². The Balaban J connectivity index is 2.73. The molecule has 0 aromatic heterocycles. The van der Waals surface area contributed by atoms with E-state index < -0.39 is 58.1 Å². The van der Waals surface area contributed by atoms with Crippen molar-refractivity contribution in [2.75, 3.05) is 6.54 Å². The van der Waals surface area contributed by atoms with E-state index in [4.69, 9.17) is 0 Å². The maximum absolute atomic E-state index is 13.3. The van der Waals surface area contributed by atoms with Gasteiger partial charge in [0.15, 0.2) is 5.78 Å². The van der Waals surface area contributed by atoms with Gasteiger partial charge in [-0.2, -0.15) is 13.2 Å². The molecule has 0 spiro atoms. The molecule has 25 heavy (non-hydrogen) atoms. The first-order valence-electron chi connectivity index (χ1n) is 7.35. The lowest BCUT2D eigenvalue weighted by Gasteiger charge is -2.33. The second-order valence-corrected chi connectivity index (χ2v) is 6.29. The fourth-order valence-electron chi connectivity index (χ4n) is 2.74. The van der Waals surface area contributed by atoms with Gasteiger partial charge in [-0.3, -0.25) is 14.4 Å². The van der Waals surface area contributed by atoms with E-state index in [2.05, 4.69) is 5.32 Å². The Kier molecular flexibility index (Phi) is 4.50. The highest BCUT2D eigenvalue weighted by Gasteiger charge is 2.47. The van der Waals surface area contributed by atoms with Crippen LogP contribution in [0.25, 0.3) is 5.76 Å². The maximum Gasteiger partial charge on any atom is 0.417 e. The van der Waals surface area contributed by atoms with Gasteiger partial charge >= 0.3 is 6.18 Å². The molecule has 0 saturated carbocycles. The minimum atomic E-state index is -4.78. The fourth-order valence-corrected chi connectivity index (χ4v) is 2.74. The lowest BCUT2D eigenvalue weighted by molar-refractivity contribution is -0.138. The highest BCUT2D eigenvalue weighted by atomic mass is 19.4. The monoisotopic (exact) mass is 355 g/mol. The Labute approximate surface area is 141 Å². The van der Waals surface area contributed by atoms with Crippen molar-refractivity contribution in [3.05, 3.63) is 40.5 Å². The van der Waals surface area contributed by atoms with E-state index in [0.29, 0.717) is 0 Å². The number of halogens is 3. The molecule has 0 aliphatic heterocycles. The van der Waals surface area contributed by atoms with Crippen molar-refractivity contribution in [2.45, 2.75) is 32.4 Å². The Bertz CT molecular complexity index is 807. The van der Waals surface area contributed by atoms with Crippen molar-refractivity contribution in [3.8, 4) is 0 Å². The highest BCUT2D eigenvalue weighted by molar-refractivity contribution is 6.28. The average Bonchev–Trinajstić information content (AvgIpc) is 2.50. The van der Waals surface area contributed by atoms with Gasteiger partial charge in [0.05, 0.1) is 17.5 Å². The Morgan fingerprint density at radius 2 is 1.84 bits per heavy atom. The number of hydrogen-bond donors (Lipinski definition) is 2. The molecule has 2 rings (SSSR count). The van der Waals surface area contributed by atoms with E-state index in [1.165, 1.54) is 26.8 Å². The Morgan fingerprint density at radius 1 is 1.24 bits per heavy atom. The maximum atomic E-state index is 13.3. The van der Waals surface area contributed by atoms with Crippen LogP contribution in [0.1, 0.15) is 37.5 Å². The molecule has 134 valence electrons. The normalized spacial score (nSPS) is 16.5. The smallest absolute Gasteiger partial charge is 0.417 e. The van der Waals surface area contributed by atoms with Crippen LogP contribution >= 0.6 is 0 Å². The van der Waals surface area contributed by atoms with Crippen molar-refractivity contribution < 1.29 is 32.7 Å². The number of fused-ring (bicyclic) bond motifs is 1. The zero-order valence-electron chi connectivity index (χ0n) is 13.7. The third-order valence-electron chi connectivity index (χ3n) is 4.04. The van der Waals surface area contributed by atoms with E-state index >= 15 is 0 Å². The molecule has 1 aliphatic carbocycles. The van der Waals surface area contributed by atoms with Gasteiger partial charge < -0.3 is 10.4 Å². The number of carbonyl (C=O) groups is 3. The molecule has 0 bridgehead atoms. The zero-order valence-corrected chi connectivity index (χ0v) is 13.7. The second kappa shape index (κ2) is 6.02. The Morgan fingerprint density at radius 3 is 2.36 bits per heavy atom. The number of Topliss-reactive ketones (excluding diaryl/α,β-unsaturated/α-hetero) is 2. The van der Waals surface area contributed by atoms with E-state index in [-0.39, 0.29) is 5.56 Å². The first-order valence-corrected chi connectivity index (χ1v) is 7.35. The van der Waals surface area contributed by atoms with Crippen LogP contribution in [-0.4, -0.2) is 29.1 Å². The van der Waals surface area contributed by atoms with Crippen LogP contribution < -0.4 is 5.32 Å². The molecule has 1 amide bonds. The van der Waals surface area contributed by atoms with Gasteiger partial charge in [-0.1, -0.05) is 12.1 Å². The summed E-state index contributed by atoms with van der Waals surface area (Å²) in [7, 11) is 0. The van der Waals surface area contributed by atoms with Crippen LogP contribution in [0.15, 0.2) is 23.8 Å². The molecule has 0 atom stereocenters. The molecule has 0 radical (unpaired) electrons. The molecule has 1 aromatic rings. The Hall–Kier alpha value is -2.64. The average molecular weight is 355 g/mol. The summed E-state index contributed by atoms with van der Waals surface area (Å²) in [5.74, 6) is -3.35. The summed E-state index contributed by atoms with van der Waals surface area (Å²) in [6.07, 6.45) is -4.78. The largest absolute Gasteiger partial charge is 0.506 e. The molecule has 0 saturated heterocycles. The summed E-state index contributed by atoms with van der Waals surface area (Å²) in [6, 6.07) is 3.22. The van der Waals surface area contributed by atoms with Gasteiger partial charge in [0.1, 0.15) is 17.1 Å². The predicted molar refractivity (Wildman–Crippen MR) is 82.7 cm³/mol. The number of nitrogens with one attached hydrogen (secondary N) is 1. The summed E-state index contributed by atoms with van der Waals surface area (Å²) in [6.45, 7) is 3.54. The molecule has 2 N–H and O–H groups in total. The standard InChI is InChI=1S/C17H16F3NO4/c1-8(22)7-21-15(25)12-13(23)11-9(16(2,3)14(12)24)5-4-6-10(11)17(18,19)20/h4-6,23H,7H2,1-3H3,(H,21,25). The number of aliphatic hydroxyl groups excluding tert-OH is 1. The van der Waals surface area contributed by atoms with Crippen LogP contribution in [0.3, 0.4) is 0 Å². The molecule has 5 nitrogen and oxygen atoms in total. The number of amides is 1.